The summed E-state index contributed by atoms with van der Waals surface area (Å²) in [6.45, 7) is 0.802. The number of ketones is 1. The van der Waals surface area contributed by atoms with E-state index < -0.39 is 195 Å². The molecule has 2 nitrogen and oxygen atoms in total. The van der Waals surface area contributed by atoms with E-state index in [0.29, 0.717) is 5.56 Å². The van der Waals surface area contributed by atoms with Crippen molar-refractivity contribution in [2.45, 2.75) is 56.0 Å². The van der Waals surface area contributed by atoms with E-state index in [-0.39, 0.29) is 11.7 Å². The Morgan fingerprint density at radius 3 is 0.797 bits per heavy atom. The number of nitrogens with zero attached hydrogens (tertiary/aromatic N) is 1. The van der Waals surface area contributed by atoms with Gasteiger partial charge in [0.2, 0.25) is 0 Å². The molecule has 0 spiro atoms. The second-order valence-electron chi connectivity index (χ2n) is 16.0. The second kappa shape index (κ2) is 20.4. The molecular weight excluding hydrogens is 1080 g/mol. The molecule has 0 saturated heterocycles. The van der Waals surface area contributed by atoms with Crippen molar-refractivity contribution in [2.24, 2.45) is 0 Å². The fourth-order valence-electron chi connectivity index (χ4n) is 7.69. The van der Waals surface area contributed by atoms with Crippen LogP contribution in [0.15, 0.2) is 128 Å². The highest BCUT2D eigenvalue weighted by Crippen LogP contribution is 2.41. The summed E-state index contributed by atoms with van der Waals surface area (Å²) in [4.78, 5) is 11.3. The van der Waals surface area contributed by atoms with Gasteiger partial charge >= 0.3 is 49.4 Å². The van der Waals surface area contributed by atoms with Gasteiger partial charge in [0, 0.05) is 23.3 Å². The van der Waals surface area contributed by atoms with Crippen molar-refractivity contribution >= 4 is 45.4 Å². The zero-order chi connectivity index (χ0) is 56.0. The molecule has 74 heavy (non-hydrogen) atoms. The maximum absolute atomic E-state index is 14.2. The Kier molecular flexibility index (Phi) is 16.1. The van der Waals surface area contributed by atoms with E-state index in [9.17, 15) is 110 Å². The van der Waals surface area contributed by atoms with Crippen molar-refractivity contribution in [3.63, 3.8) is 0 Å². The number of alkyl halides is 25. The Morgan fingerprint density at radius 2 is 0.595 bits per heavy atom. The number of benzene rings is 5. The largest absolute Gasteiger partial charge is 0.416 e. The third kappa shape index (κ3) is 13.7. The average molecular weight is 1110 g/mol. The standard InChI is InChI=1S/C32H12BF24.C14H13ClNO/c34-25(35,36)13-1-14(26(37,38)39)6-21(5-13)33(22-7-15(27(40,41)42)2-16(8-22)28(43,44)45,23-9-17(29(46,47)48)3-18(10-23)30(49,50)51)24-11-19(31(52,53)54)4-20(12-24)32(55,56)57;15-10-14(17)13-6-8-16(9-7-13)11-12-4-2-1-3-5-12/h1-12H;1-9H,10-11H2/q-1;+1. The molecule has 0 bridgehead atoms. The highest BCUT2D eigenvalue weighted by molar-refractivity contribution is 7.20. The lowest BCUT2D eigenvalue weighted by Gasteiger charge is -2.46. The molecule has 6 rings (SSSR count). The quantitative estimate of drug-likeness (QED) is 0.0489. The third-order valence-electron chi connectivity index (χ3n) is 11.0. The van der Waals surface area contributed by atoms with Crippen LogP contribution >= 0.6 is 11.6 Å². The molecule has 0 amide bonds. The Hall–Kier alpha value is -6.41. The number of hydrogen-bond acceptors (Lipinski definition) is 1. The van der Waals surface area contributed by atoms with Crippen LogP contribution in [-0.4, -0.2) is 17.8 Å². The van der Waals surface area contributed by atoms with Crippen LogP contribution in [0.5, 0.6) is 0 Å². The lowest BCUT2D eigenvalue weighted by Crippen LogP contribution is -2.75. The predicted molar refractivity (Wildman–Crippen MR) is 217 cm³/mol. The third-order valence-corrected chi connectivity index (χ3v) is 11.2. The minimum absolute atomic E-state index is 0.0305. The monoisotopic (exact) mass is 1110 g/mol. The lowest BCUT2D eigenvalue weighted by atomic mass is 9.12. The Bertz CT molecular complexity index is 2530. The molecule has 0 radical (unpaired) electrons. The van der Waals surface area contributed by atoms with Crippen LogP contribution in [0.4, 0.5) is 105 Å². The number of rotatable bonds is 8. The van der Waals surface area contributed by atoms with E-state index in [2.05, 4.69) is 12.1 Å². The zero-order valence-corrected chi connectivity index (χ0v) is 36.7. The van der Waals surface area contributed by atoms with Crippen LogP contribution in [0, 0.1) is 0 Å². The lowest BCUT2D eigenvalue weighted by molar-refractivity contribution is -0.688. The summed E-state index contributed by atoms with van der Waals surface area (Å²) in [6.07, 6.45) is -51.0. The number of hydrogen-bond donors (Lipinski definition) is 0. The van der Waals surface area contributed by atoms with Crippen molar-refractivity contribution in [3.05, 3.63) is 183 Å². The van der Waals surface area contributed by atoms with E-state index in [1.807, 2.05) is 35.2 Å². The molecule has 6 aromatic rings. The van der Waals surface area contributed by atoms with E-state index in [4.69, 9.17) is 11.6 Å². The van der Waals surface area contributed by atoms with Gasteiger partial charge in [0.05, 0.1) is 50.4 Å². The van der Waals surface area contributed by atoms with E-state index in [1.165, 1.54) is 5.56 Å². The Labute approximate surface area is 404 Å². The number of carbonyl (C=O) groups is 1. The smallest absolute Gasteiger partial charge is 0.293 e. The van der Waals surface area contributed by atoms with Gasteiger partial charge in [-0.05, 0) is 24.3 Å². The van der Waals surface area contributed by atoms with Gasteiger partial charge in [-0.2, -0.15) is 127 Å². The number of halogens is 25. The topological polar surface area (TPSA) is 20.9 Å². The summed E-state index contributed by atoms with van der Waals surface area (Å²) < 4.78 is 343. The molecular formula is C46H25BClF24NO. The van der Waals surface area contributed by atoms with Gasteiger partial charge in [-0.25, -0.2) is 4.57 Å². The van der Waals surface area contributed by atoms with Crippen LogP contribution in [-0.2, 0) is 56.0 Å². The zero-order valence-electron chi connectivity index (χ0n) is 35.9. The minimum Gasteiger partial charge on any atom is -0.293 e. The molecule has 0 unspecified atom stereocenters. The van der Waals surface area contributed by atoms with Crippen LogP contribution in [0.2, 0.25) is 0 Å². The van der Waals surface area contributed by atoms with Crippen LogP contribution in [0.3, 0.4) is 0 Å². The molecule has 0 aliphatic carbocycles. The molecule has 0 N–H and O–H groups in total. The molecule has 1 heterocycles. The Balaban J connectivity index is 0.000000500. The molecule has 0 aliphatic heterocycles. The predicted octanol–water partition coefficient (Wildman–Crippen LogP) is 13.7. The summed E-state index contributed by atoms with van der Waals surface area (Å²) in [5.41, 5.74) is -28.3. The number of pyridine rings is 1. The Morgan fingerprint density at radius 1 is 0.365 bits per heavy atom. The van der Waals surface area contributed by atoms with Crippen LogP contribution in [0.1, 0.15) is 60.4 Å². The van der Waals surface area contributed by atoms with Crippen molar-refractivity contribution < 1.29 is 115 Å². The minimum atomic E-state index is -6.13. The molecule has 398 valence electrons. The van der Waals surface area contributed by atoms with Gasteiger partial charge in [-0.1, -0.05) is 78.9 Å². The summed E-state index contributed by atoms with van der Waals surface area (Å²) in [5, 5.41) is 0. The fraction of sp³-hybridized carbons (Fsp3) is 0.217. The van der Waals surface area contributed by atoms with Crippen LogP contribution in [0.25, 0.3) is 0 Å². The van der Waals surface area contributed by atoms with Gasteiger partial charge in [0.15, 0.2) is 24.7 Å². The fourth-order valence-corrected chi connectivity index (χ4v) is 7.84. The molecule has 0 saturated carbocycles. The van der Waals surface area contributed by atoms with E-state index in [0.717, 1.165) is 6.54 Å². The first-order valence-corrected chi connectivity index (χ1v) is 20.6. The molecule has 5 aromatic carbocycles. The highest BCUT2D eigenvalue weighted by Gasteiger charge is 2.47. The van der Waals surface area contributed by atoms with Crippen LogP contribution < -0.4 is 26.4 Å². The van der Waals surface area contributed by atoms with Crippen molar-refractivity contribution in [3.8, 4) is 0 Å². The summed E-state index contributed by atoms with van der Waals surface area (Å²) in [5.74, 6) is -0.0126. The van der Waals surface area contributed by atoms with Gasteiger partial charge in [0.1, 0.15) is 6.15 Å². The van der Waals surface area contributed by atoms with Gasteiger partial charge < -0.3 is 0 Å². The van der Waals surface area contributed by atoms with Gasteiger partial charge in [-0.15, -0.1) is 11.6 Å². The molecule has 28 heteroatoms. The van der Waals surface area contributed by atoms with E-state index in [1.54, 1.807) is 12.1 Å². The highest BCUT2D eigenvalue weighted by atomic mass is 35.5. The summed E-state index contributed by atoms with van der Waals surface area (Å²) >= 11 is 5.50. The van der Waals surface area contributed by atoms with E-state index >= 15 is 0 Å². The normalized spacial score (nSPS) is 13.4. The first-order valence-electron chi connectivity index (χ1n) is 20.0. The number of aromatic nitrogens is 1. The van der Waals surface area contributed by atoms with Crippen molar-refractivity contribution in [2.75, 3.05) is 5.88 Å². The van der Waals surface area contributed by atoms with Gasteiger partial charge in [-0.3, -0.25) is 4.79 Å². The van der Waals surface area contributed by atoms with Crippen molar-refractivity contribution in [1.29, 1.82) is 0 Å². The SMILES string of the molecule is FC(F)(F)c1cc([B-](c2cc(C(F)(F)F)cc(C(F)(F)F)c2)(c2cc(C(F)(F)F)cc(C(F)(F)F)c2)c2cc(C(F)(F)F)cc(C(F)(F)F)c2)cc(C(F)(F)F)c1.O=C(CCl)c1cc[n+](Cc2ccccc2)cc1. The second-order valence-corrected chi connectivity index (χ2v) is 16.3. The van der Waals surface area contributed by atoms with Gasteiger partial charge in [0.25, 0.3) is 0 Å². The maximum Gasteiger partial charge on any atom is 0.416 e. The number of Topliss-reactive ketones (excluding diaryl/α,β-unsaturated/α-hetero) is 1. The van der Waals surface area contributed by atoms with Crippen molar-refractivity contribution in [1.82, 2.24) is 0 Å². The number of carbonyl (C=O) groups excluding carboxylic acids is 1. The maximum atomic E-state index is 14.2. The molecule has 0 aliphatic rings. The molecule has 0 atom stereocenters. The first-order chi connectivity index (χ1) is 33.6. The average Bonchev–Trinajstić information content (AvgIpc) is 3.27. The molecule has 0 fully saturated rings. The summed E-state index contributed by atoms with van der Waals surface area (Å²) in [6, 6.07) is 4.96. The molecule has 1 aromatic heterocycles. The first kappa shape index (κ1) is 58.5. The summed E-state index contributed by atoms with van der Waals surface area (Å²) in [7, 11) is 0.